The Hall–Kier alpha value is -1.72. The molecule has 0 N–H and O–H groups in total. The van der Waals surface area contributed by atoms with Gasteiger partial charge < -0.3 is 9.47 Å². The van der Waals surface area contributed by atoms with Gasteiger partial charge in [0.05, 0.1) is 18.9 Å². The molecule has 3 atom stereocenters. The molecule has 6 heteroatoms. The number of carbonyl (C=O) groups excluding carboxylic acids is 4. The van der Waals surface area contributed by atoms with Crippen molar-refractivity contribution in [1.29, 1.82) is 0 Å². The maximum absolute atomic E-state index is 12.7. The Labute approximate surface area is 135 Å². The van der Waals surface area contributed by atoms with E-state index in [2.05, 4.69) is 0 Å². The van der Waals surface area contributed by atoms with Crippen molar-refractivity contribution in [3.8, 4) is 0 Å². The van der Waals surface area contributed by atoms with Crippen LogP contribution in [-0.4, -0.2) is 36.2 Å². The number of ketones is 2. The second-order valence-electron chi connectivity index (χ2n) is 7.04. The topological polar surface area (TPSA) is 86.7 Å². The number of carbonyl (C=O) groups is 4. The van der Waals surface area contributed by atoms with Gasteiger partial charge in [-0.2, -0.15) is 0 Å². The zero-order chi connectivity index (χ0) is 17.6. The number of hydrogen-bond donors (Lipinski definition) is 0. The fourth-order valence-electron chi connectivity index (χ4n) is 4.37. The van der Waals surface area contributed by atoms with Crippen molar-refractivity contribution in [3.05, 3.63) is 0 Å². The summed E-state index contributed by atoms with van der Waals surface area (Å²) in [5.41, 5.74) is -2.67. The summed E-state index contributed by atoms with van der Waals surface area (Å²) in [6.07, 6.45) is 1.00. The molecule has 1 saturated carbocycles. The fourth-order valence-corrected chi connectivity index (χ4v) is 4.37. The van der Waals surface area contributed by atoms with Crippen LogP contribution in [0.15, 0.2) is 0 Å². The highest BCUT2D eigenvalue weighted by Gasteiger charge is 2.70. The lowest BCUT2D eigenvalue weighted by molar-refractivity contribution is -0.169. The molecule has 1 aliphatic carbocycles. The third-order valence-electron chi connectivity index (χ3n) is 5.64. The van der Waals surface area contributed by atoms with Crippen molar-refractivity contribution in [2.24, 2.45) is 23.2 Å². The zero-order valence-corrected chi connectivity index (χ0v) is 14.3. The predicted molar refractivity (Wildman–Crippen MR) is 80.3 cm³/mol. The van der Waals surface area contributed by atoms with E-state index in [1.807, 2.05) is 0 Å². The fraction of sp³-hybridized carbons (Fsp3) is 0.765. The van der Waals surface area contributed by atoms with Crippen LogP contribution in [0.2, 0.25) is 0 Å². The highest BCUT2D eigenvalue weighted by atomic mass is 16.6. The molecule has 1 saturated heterocycles. The smallest absolute Gasteiger partial charge is 0.324 e. The summed E-state index contributed by atoms with van der Waals surface area (Å²) >= 11 is 0. The Morgan fingerprint density at radius 3 is 1.96 bits per heavy atom. The molecule has 0 bridgehead atoms. The van der Waals surface area contributed by atoms with E-state index in [1.165, 1.54) is 21.0 Å². The minimum Gasteiger partial charge on any atom is -0.468 e. The molecule has 0 amide bonds. The van der Waals surface area contributed by atoms with Gasteiger partial charge in [0, 0.05) is 6.42 Å². The molecular weight excluding hydrogens is 300 g/mol. The second-order valence-corrected chi connectivity index (χ2v) is 7.04. The van der Waals surface area contributed by atoms with E-state index < -0.39 is 34.8 Å². The van der Waals surface area contributed by atoms with E-state index in [0.717, 1.165) is 0 Å². The molecular formula is C17H24O6. The van der Waals surface area contributed by atoms with Crippen LogP contribution in [0.25, 0.3) is 0 Å². The Kier molecular flexibility index (Phi) is 4.39. The van der Waals surface area contributed by atoms with Crippen molar-refractivity contribution in [3.63, 3.8) is 0 Å². The lowest BCUT2D eigenvalue weighted by Gasteiger charge is -2.34. The molecule has 2 aliphatic rings. The molecule has 2 rings (SSSR count). The molecule has 0 unspecified atom stereocenters. The maximum Gasteiger partial charge on any atom is 0.324 e. The molecule has 0 aromatic carbocycles. The average Bonchev–Trinajstić information content (AvgIpc) is 2.97. The summed E-state index contributed by atoms with van der Waals surface area (Å²) in [4.78, 5) is 49.2. The largest absolute Gasteiger partial charge is 0.468 e. The Morgan fingerprint density at radius 2 is 1.61 bits per heavy atom. The molecule has 1 heterocycles. The Morgan fingerprint density at radius 1 is 1.13 bits per heavy atom. The van der Waals surface area contributed by atoms with Crippen LogP contribution in [0.1, 0.15) is 47.0 Å². The molecule has 1 aliphatic heterocycles. The van der Waals surface area contributed by atoms with Gasteiger partial charge in [0.25, 0.3) is 0 Å². The van der Waals surface area contributed by atoms with Crippen LogP contribution in [0.4, 0.5) is 0 Å². The summed E-state index contributed by atoms with van der Waals surface area (Å²) in [7, 11) is 1.23. The summed E-state index contributed by atoms with van der Waals surface area (Å²) < 4.78 is 10.5. The predicted octanol–water partition coefficient (Wildman–Crippen LogP) is 1.69. The lowest BCUT2D eigenvalue weighted by atomic mass is 9.67. The molecule has 2 fully saturated rings. The average molecular weight is 324 g/mol. The molecule has 0 radical (unpaired) electrons. The van der Waals surface area contributed by atoms with Gasteiger partial charge >= 0.3 is 11.9 Å². The number of hydrogen-bond acceptors (Lipinski definition) is 6. The number of rotatable bonds is 4. The summed E-state index contributed by atoms with van der Waals surface area (Å²) in [5.74, 6) is -3.04. The van der Waals surface area contributed by atoms with Crippen LogP contribution in [0.3, 0.4) is 0 Å². The molecule has 0 aromatic rings. The first kappa shape index (κ1) is 17.6. The van der Waals surface area contributed by atoms with E-state index in [-0.39, 0.29) is 23.9 Å². The van der Waals surface area contributed by atoms with Crippen LogP contribution >= 0.6 is 0 Å². The monoisotopic (exact) mass is 324 g/mol. The maximum atomic E-state index is 12.7. The molecule has 23 heavy (non-hydrogen) atoms. The van der Waals surface area contributed by atoms with E-state index in [9.17, 15) is 19.2 Å². The van der Waals surface area contributed by atoms with Gasteiger partial charge in [-0.1, -0.05) is 13.8 Å². The van der Waals surface area contributed by atoms with E-state index in [4.69, 9.17) is 9.47 Å². The van der Waals surface area contributed by atoms with E-state index in [0.29, 0.717) is 12.8 Å². The van der Waals surface area contributed by atoms with Gasteiger partial charge in [-0.25, -0.2) is 0 Å². The van der Waals surface area contributed by atoms with Crippen LogP contribution < -0.4 is 0 Å². The highest BCUT2D eigenvalue weighted by Crippen LogP contribution is 2.57. The highest BCUT2D eigenvalue weighted by molar-refractivity contribution is 6.03. The number of esters is 2. The standard InChI is InChI=1S/C17H24O6/c1-9(2)16(14(20)22-5)8-17(23-15(16)21)12(10(3)18)6-7-13(17)11(4)19/h9,12-13H,6-8H2,1-5H3/t12-,13-,16+/m0/s1. The van der Waals surface area contributed by atoms with E-state index >= 15 is 0 Å². The normalized spacial score (nSPS) is 32.2. The Bertz CT molecular complexity index is 541. The van der Waals surface area contributed by atoms with Crippen molar-refractivity contribution >= 4 is 23.5 Å². The van der Waals surface area contributed by atoms with Crippen molar-refractivity contribution in [2.75, 3.05) is 7.11 Å². The second kappa shape index (κ2) is 5.73. The van der Waals surface area contributed by atoms with Crippen LogP contribution in [-0.2, 0) is 28.7 Å². The van der Waals surface area contributed by atoms with E-state index in [1.54, 1.807) is 13.8 Å². The minimum absolute atomic E-state index is 0.0255. The number of Topliss-reactive ketones (excluding diaryl/α,β-unsaturated/α-hetero) is 2. The summed E-state index contributed by atoms with van der Waals surface area (Å²) in [6.45, 7) is 6.38. The van der Waals surface area contributed by atoms with Gasteiger partial charge in [-0.15, -0.1) is 0 Å². The number of ether oxygens (including phenoxy) is 2. The first-order valence-electron chi connectivity index (χ1n) is 7.96. The van der Waals surface area contributed by atoms with Gasteiger partial charge in [0.1, 0.15) is 17.2 Å². The molecule has 1 spiro atoms. The summed E-state index contributed by atoms with van der Waals surface area (Å²) in [6, 6.07) is 0. The lowest BCUT2D eigenvalue weighted by Crippen LogP contribution is -2.47. The van der Waals surface area contributed by atoms with Crippen LogP contribution in [0.5, 0.6) is 0 Å². The van der Waals surface area contributed by atoms with Crippen molar-refractivity contribution in [2.45, 2.75) is 52.6 Å². The van der Waals surface area contributed by atoms with Crippen molar-refractivity contribution < 1.29 is 28.7 Å². The van der Waals surface area contributed by atoms with Gasteiger partial charge in [0.15, 0.2) is 5.41 Å². The SMILES string of the molecule is COC(=O)[C@]1(C(C)C)CC2(OC1=O)[C@H](C(C)=O)CC[C@H]2C(C)=O. The molecule has 6 nitrogen and oxygen atoms in total. The third kappa shape index (κ3) is 2.30. The van der Waals surface area contributed by atoms with Crippen molar-refractivity contribution in [1.82, 2.24) is 0 Å². The molecule has 128 valence electrons. The number of methoxy groups -OCH3 is 1. The molecule has 0 aromatic heterocycles. The first-order valence-corrected chi connectivity index (χ1v) is 7.96. The first-order chi connectivity index (χ1) is 10.6. The van der Waals surface area contributed by atoms with Gasteiger partial charge in [-0.3, -0.25) is 19.2 Å². The Balaban J connectivity index is 2.57. The zero-order valence-electron chi connectivity index (χ0n) is 14.3. The third-order valence-corrected chi connectivity index (χ3v) is 5.64. The quantitative estimate of drug-likeness (QED) is 0.578. The van der Waals surface area contributed by atoms with Gasteiger partial charge in [-0.05, 0) is 32.6 Å². The van der Waals surface area contributed by atoms with Gasteiger partial charge in [0.2, 0.25) is 0 Å². The summed E-state index contributed by atoms with van der Waals surface area (Å²) in [5, 5.41) is 0. The van der Waals surface area contributed by atoms with Crippen LogP contribution in [0, 0.1) is 23.2 Å². The minimum atomic E-state index is -1.46.